The van der Waals surface area contributed by atoms with Gasteiger partial charge in [-0.25, -0.2) is 0 Å². The molecule has 8 nitrogen and oxygen atoms in total. The largest absolute Gasteiger partial charge is 0.507 e. The van der Waals surface area contributed by atoms with E-state index in [-0.39, 0.29) is 23.0 Å². The number of phenolic OH excluding ortho intramolecular Hbond substituents is 4. The van der Waals surface area contributed by atoms with E-state index in [1.54, 1.807) is 12.4 Å². The maximum atomic E-state index is 10.8. The zero-order valence-electron chi connectivity index (χ0n) is 15.1. The van der Waals surface area contributed by atoms with E-state index in [1.165, 1.54) is 12.1 Å². The van der Waals surface area contributed by atoms with Gasteiger partial charge in [0, 0.05) is 46.4 Å². The van der Waals surface area contributed by atoms with Crippen LogP contribution < -0.4 is 11.5 Å². The number of hydrogen-bond acceptors (Lipinski definition) is 6. The summed E-state index contributed by atoms with van der Waals surface area (Å²) < 4.78 is 0. The number of rotatable bonds is 5. The first kappa shape index (κ1) is 18.0. The lowest BCUT2D eigenvalue weighted by Crippen LogP contribution is -2.03. The van der Waals surface area contributed by atoms with E-state index in [9.17, 15) is 20.4 Å². The van der Waals surface area contributed by atoms with E-state index in [0.717, 1.165) is 11.1 Å². The van der Waals surface area contributed by atoms with Gasteiger partial charge >= 0.3 is 0 Å². The predicted octanol–water partition coefficient (Wildman–Crippen LogP) is 2.14. The average Bonchev–Trinajstić information content (AvgIpc) is 3.24. The Morgan fingerprint density at radius 3 is 1.39 bits per heavy atom. The van der Waals surface area contributed by atoms with E-state index >= 15 is 0 Å². The Bertz CT molecular complexity index is 1100. The normalized spacial score (nSPS) is 11.6. The van der Waals surface area contributed by atoms with E-state index in [0.29, 0.717) is 58.9 Å². The smallest absolute Gasteiger partial charge is 0.143 e. The van der Waals surface area contributed by atoms with Crippen molar-refractivity contribution < 1.29 is 20.4 Å². The number of aromatic nitrogens is 2. The van der Waals surface area contributed by atoms with Crippen molar-refractivity contribution in [2.45, 2.75) is 12.8 Å². The summed E-state index contributed by atoms with van der Waals surface area (Å²) in [4.78, 5) is 6.03. The molecule has 4 rings (SSSR count). The van der Waals surface area contributed by atoms with Crippen molar-refractivity contribution in [3.63, 3.8) is 0 Å². The molecule has 10 N–H and O–H groups in total. The fourth-order valence-electron chi connectivity index (χ4n) is 3.92. The van der Waals surface area contributed by atoms with Crippen LogP contribution in [0.3, 0.4) is 0 Å². The number of aromatic amines is 2. The van der Waals surface area contributed by atoms with E-state index in [1.807, 2.05) is 0 Å². The van der Waals surface area contributed by atoms with Crippen LogP contribution in [0, 0.1) is 0 Å². The lowest BCUT2D eigenvalue weighted by atomic mass is 9.91. The zero-order valence-corrected chi connectivity index (χ0v) is 15.1. The number of phenols is 4. The molecule has 0 unspecified atom stereocenters. The maximum absolute atomic E-state index is 10.8. The topological polar surface area (TPSA) is 165 Å². The fraction of sp³-hybridized carbons (Fsp3) is 0.200. The number of benzene rings is 2. The van der Waals surface area contributed by atoms with Gasteiger partial charge < -0.3 is 41.9 Å². The first-order valence-corrected chi connectivity index (χ1v) is 8.98. The maximum Gasteiger partial charge on any atom is 0.143 e. The van der Waals surface area contributed by atoms with Crippen molar-refractivity contribution in [2.24, 2.45) is 11.5 Å². The van der Waals surface area contributed by atoms with Gasteiger partial charge in [0.15, 0.2) is 0 Å². The highest BCUT2D eigenvalue weighted by Crippen LogP contribution is 2.50. The molecule has 0 atom stereocenters. The highest BCUT2D eigenvalue weighted by molar-refractivity contribution is 6.13. The second-order valence-corrected chi connectivity index (χ2v) is 6.78. The van der Waals surface area contributed by atoms with Gasteiger partial charge in [-0.2, -0.15) is 0 Å². The summed E-state index contributed by atoms with van der Waals surface area (Å²) in [5.74, 6) is -0.592. The molecule has 0 bridgehead atoms. The van der Waals surface area contributed by atoms with Crippen molar-refractivity contribution in [2.75, 3.05) is 13.1 Å². The van der Waals surface area contributed by atoms with E-state index in [4.69, 9.17) is 11.5 Å². The van der Waals surface area contributed by atoms with Crippen LogP contribution in [-0.2, 0) is 12.8 Å². The molecule has 0 amide bonds. The van der Waals surface area contributed by atoms with Gasteiger partial charge in [-0.15, -0.1) is 0 Å². The first-order valence-electron chi connectivity index (χ1n) is 8.98. The summed E-state index contributed by atoms with van der Waals surface area (Å²) in [5, 5.41) is 43.2. The fourth-order valence-corrected chi connectivity index (χ4v) is 3.92. The lowest BCUT2D eigenvalue weighted by Gasteiger charge is -2.15. The quantitative estimate of drug-likeness (QED) is 0.263. The Balaban J connectivity index is 2.18. The minimum Gasteiger partial charge on any atom is -0.507 e. The van der Waals surface area contributed by atoms with Crippen LogP contribution in [0.4, 0.5) is 0 Å². The standard InChI is InChI=1S/C20H22N4O4/c21-3-1-9-7-23-19-13(27)5-11(25)17(15(9)19)18-12(26)6-14(28)20-16(18)10(2-4-22)8-24-20/h5-8,23-28H,1-4,21-22H2. The number of hydrogen-bond donors (Lipinski definition) is 8. The Kier molecular flexibility index (Phi) is 4.29. The minimum atomic E-state index is -0.190. The van der Waals surface area contributed by atoms with Crippen LogP contribution in [0.5, 0.6) is 23.0 Å². The summed E-state index contributed by atoms with van der Waals surface area (Å²) in [6.45, 7) is 0.755. The summed E-state index contributed by atoms with van der Waals surface area (Å²) in [7, 11) is 0. The predicted molar refractivity (Wildman–Crippen MR) is 108 cm³/mol. The Hall–Kier alpha value is -3.36. The Morgan fingerprint density at radius 1 is 0.643 bits per heavy atom. The van der Waals surface area contributed by atoms with Crippen molar-refractivity contribution in [3.05, 3.63) is 35.7 Å². The second-order valence-electron chi connectivity index (χ2n) is 6.78. The lowest BCUT2D eigenvalue weighted by molar-refractivity contribution is 0.450. The molecule has 2 aromatic heterocycles. The number of nitrogens with two attached hydrogens (primary N) is 2. The number of nitrogens with one attached hydrogen (secondary N) is 2. The van der Waals surface area contributed by atoms with Crippen LogP contribution in [0.15, 0.2) is 24.5 Å². The molecule has 8 heteroatoms. The average molecular weight is 382 g/mol. The molecule has 0 aliphatic carbocycles. The molecule has 28 heavy (non-hydrogen) atoms. The molecule has 2 aromatic carbocycles. The van der Waals surface area contributed by atoms with Crippen LogP contribution in [-0.4, -0.2) is 43.5 Å². The van der Waals surface area contributed by atoms with Gasteiger partial charge in [0.2, 0.25) is 0 Å². The monoisotopic (exact) mass is 382 g/mol. The summed E-state index contributed by atoms with van der Waals surface area (Å²) in [6, 6.07) is 2.46. The van der Waals surface area contributed by atoms with Gasteiger partial charge in [0.25, 0.3) is 0 Å². The third kappa shape index (κ3) is 2.54. The van der Waals surface area contributed by atoms with E-state index < -0.39 is 0 Å². The van der Waals surface area contributed by atoms with Gasteiger partial charge in [0.05, 0.1) is 11.0 Å². The molecular weight excluding hydrogens is 360 g/mol. The molecule has 2 heterocycles. The molecule has 0 aliphatic rings. The Labute approximate surface area is 160 Å². The van der Waals surface area contributed by atoms with Crippen LogP contribution in [0.25, 0.3) is 32.9 Å². The molecule has 0 saturated carbocycles. The highest BCUT2D eigenvalue weighted by atomic mass is 16.3. The van der Waals surface area contributed by atoms with Gasteiger partial charge in [-0.1, -0.05) is 0 Å². The van der Waals surface area contributed by atoms with Crippen molar-refractivity contribution in [3.8, 4) is 34.1 Å². The van der Waals surface area contributed by atoms with Crippen LogP contribution >= 0.6 is 0 Å². The number of fused-ring (bicyclic) bond motifs is 2. The molecule has 0 fully saturated rings. The zero-order chi connectivity index (χ0) is 20.0. The SMILES string of the molecule is NCCc1c[nH]c2c(O)cc(O)c(-c3c(O)cc(O)c4[nH]cc(CCN)c34)c12. The molecule has 146 valence electrons. The van der Waals surface area contributed by atoms with Crippen molar-refractivity contribution in [1.82, 2.24) is 9.97 Å². The third-order valence-electron chi connectivity index (χ3n) is 5.07. The van der Waals surface area contributed by atoms with Crippen LogP contribution in [0.1, 0.15) is 11.1 Å². The number of aromatic hydroxyl groups is 4. The van der Waals surface area contributed by atoms with E-state index in [2.05, 4.69) is 9.97 Å². The molecular formula is C20H22N4O4. The second kappa shape index (κ2) is 6.66. The minimum absolute atomic E-state index is 0.106. The molecule has 4 aromatic rings. The van der Waals surface area contributed by atoms with Crippen LogP contribution in [0.2, 0.25) is 0 Å². The number of H-pyrrole nitrogens is 2. The molecule has 0 saturated heterocycles. The summed E-state index contributed by atoms with van der Waals surface area (Å²) in [6.07, 6.45) is 4.49. The third-order valence-corrected chi connectivity index (χ3v) is 5.07. The summed E-state index contributed by atoms with van der Waals surface area (Å²) in [5.41, 5.74) is 14.6. The van der Waals surface area contributed by atoms with Gasteiger partial charge in [-0.05, 0) is 37.1 Å². The highest BCUT2D eigenvalue weighted by Gasteiger charge is 2.25. The van der Waals surface area contributed by atoms with Crippen molar-refractivity contribution >= 4 is 21.8 Å². The first-order chi connectivity index (χ1) is 13.5. The summed E-state index contributed by atoms with van der Waals surface area (Å²) >= 11 is 0. The Morgan fingerprint density at radius 2 is 1.04 bits per heavy atom. The van der Waals surface area contributed by atoms with Crippen molar-refractivity contribution in [1.29, 1.82) is 0 Å². The van der Waals surface area contributed by atoms with Gasteiger partial charge in [-0.3, -0.25) is 0 Å². The molecule has 0 spiro atoms. The molecule has 0 aliphatic heterocycles. The molecule has 0 radical (unpaired) electrons. The van der Waals surface area contributed by atoms with Gasteiger partial charge in [0.1, 0.15) is 23.0 Å².